The van der Waals surface area contributed by atoms with E-state index in [1.54, 1.807) is 42.5 Å². The molecule has 2 atom stereocenters. The largest absolute Gasteiger partial charge is 0.407 e. The Hall–Kier alpha value is -3.42. The number of hydrogen-bond acceptors (Lipinski definition) is 5. The third kappa shape index (κ3) is 7.79. The van der Waals surface area contributed by atoms with Gasteiger partial charge in [-0.2, -0.15) is 18.4 Å². The van der Waals surface area contributed by atoms with E-state index in [0.29, 0.717) is 24.2 Å². The number of amides is 2. The topological polar surface area (TPSA) is 88.5 Å². The molecule has 3 rings (SSSR count). The van der Waals surface area contributed by atoms with Gasteiger partial charge in [-0.05, 0) is 48.2 Å². The maximum Gasteiger partial charge on any atom is 0.407 e. The van der Waals surface area contributed by atoms with Crippen molar-refractivity contribution in [1.82, 2.24) is 20.4 Å². The first kappa shape index (κ1) is 29.1. The molecule has 0 radical (unpaired) electrons. The van der Waals surface area contributed by atoms with Crippen LogP contribution in [0.15, 0.2) is 48.5 Å². The summed E-state index contributed by atoms with van der Waals surface area (Å²) in [4.78, 5) is 29.2. The highest BCUT2D eigenvalue weighted by atomic mass is 19.4. The lowest BCUT2D eigenvalue weighted by Crippen LogP contribution is -2.49. The van der Waals surface area contributed by atoms with Gasteiger partial charge in [0.2, 0.25) is 5.91 Å². The van der Waals surface area contributed by atoms with Crippen molar-refractivity contribution in [2.45, 2.75) is 38.5 Å². The molecule has 1 heterocycles. The number of nitrogens with zero attached hydrogens (tertiary/aromatic N) is 3. The summed E-state index contributed by atoms with van der Waals surface area (Å²) < 4.78 is 42.2. The third-order valence-electron chi connectivity index (χ3n) is 6.56. The number of likely N-dealkylation sites (N-methyl/N-ethyl adjacent to an activating group) is 1. The van der Waals surface area contributed by atoms with Gasteiger partial charge in [-0.25, -0.2) is 0 Å². The monoisotopic (exact) mass is 529 g/mol. The van der Waals surface area contributed by atoms with Crippen LogP contribution in [0.3, 0.4) is 0 Å². The molecule has 38 heavy (non-hydrogen) atoms. The number of nitrogens with one attached hydrogen (secondary N) is 2. The summed E-state index contributed by atoms with van der Waals surface area (Å²) in [6.45, 7) is 6.34. The molecule has 204 valence electrons. The Morgan fingerprint density at radius 3 is 2.03 bits per heavy atom. The van der Waals surface area contributed by atoms with E-state index in [0.717, 1.165) is 18.7 Å². The Morgan fingerprint density at radius 1 is 0.974 bits per heavy atom. The van der Waals surface area contributed by atoms with E-state index < -0.39 is 24.2 Å². The number of hydrogen-bond donors (Lipinski definition) is 2. The smallest absolute Gasteiger partial charge is 0.342 e. The normalized spacial score (nSPS) is 16.1. The molecule has 1 aliphatic heterocycles. The summed E-state index contributed by atoms with van der Waals surface area (Å²) in [6.07, 6.45) is -4.46. The molecule has 1 aliphatic rings. The van der Waals surface area contributed by atoms with Gasteiger partial charge in [0.1, 0.15) is 12.6 Å². The van der Waals surface area contributed by atoms with E-state index in [1.165, 1.54) is 12.1 Å². The number of nitriles is 1. The van der Waals surface area contributed by atoms with Crippen LogP contribution in [0.25, 0.3) is 11.1 Å². The molecular formula is C28H34F3N5O2. The van der Waals surface area contributed by atoms with Gasteiger partial charge in [0.05, 0.1) is 12.1 Å². The zero-order valence-corrected chi connectivity index (χ0v) is 21.9. The van der Waals surface area contributed by atoms with Crippen molar-refractivity contribution >= 4 is 11.8 Å². The first-order chi connectivity index (χ1) is 18.0. The molecule has 0 aromatic heterocycles. The molecule has 0 aliphatic carbocycles. The molecule has 0 bridgehead atoms. The van der Waals surface area contributed by atoms with Crippen LogP contribution in [0.1, 0.15) is 42.2 Å². The summed E-state index contributed by atoms with van der Waals surface area (Å²) >= 11 is 0. The fraction of sp³-hybridized carbons (Fsp3) is 0.464. The third-order valence-corrected chi connectivity index (χ3v) is 6.56. The maximum atomic E-state index is 14.1. The standard InChI is InChI=1S/C28H34F3N5O2/c1-19(2)18-24(26(37)33-13-12-32)34-25(28(29,30)31)22-8-4-20(5-9-22)21-6-10-23(11-7-21)27(38)36-16-14-35(3)15-17-36/h4-11,19,24-25,34H,13-18H2,1-3H3,(H,33,37)/t24-,25?/m0/s1. The summed E-state index contributed by atoms with van der Waals surface area (Å²) in [5.41, 5.74) is 2.03. The zero-order valence-electron chi connectivity index (χ0n) is 21.9. The number of rotatable bonds is 9. The quantitative estimate of drug-likeness (QED) is 0.480. The van der Waals surface area contributed by atoms with Gasteiger partial charge in [-0.1, -0.05) is 50.2 Å². The first-order valence-corrected chi connectivity index (χ1v) is 12.6. The second-order valence-electron chi connectivity index (χ2n) is 9.99. The molecule has 2 aromatic carbocycles. The Morgan fingerprint density at radius 2 is 1.53 bits per heavy atom. The lowest BCUT2D eigenvalue weighted by Gasteiger charge is -2.32. The van der Waals surface area contributed by atoms with E-state index in [2.05, 4.69) is 15.5 Å². The minimum absolute atomic E-state index is 0.0232. The van der Waals surface area contributed by atoms with Crippen molar-refractivity contribution < 1.29 is 22.8 Å². The van der Waals surface area contributed by atoms with E-state index in [4.69, 9.17) is 5.26 Å². The molecule has 1 saturated heterocycles. The number of halogens is 3. The van der Waals surface area contributed by atoms with Crippen LogP contribution in [-0.2, 0) is 4.79 Å². The van der Waals surface area contributed by atoms with Crippen molar-refractivity contribution in [1.29, 1.82) is 5.26 Å². The minimum atomic E-state index is -4.64. The minimum Gasteiger partial charge on any atom is -0.342 e. The van der Waals surface area contributed by atoms with Gasteiger partial charge in [-0.3, -0.25) is 14.9 Å². The van der Waals surface area contributed by atoms with Crippen LogP contribution in [0.5, 0.6) is 0 Å². The van der Waals surface area contributed by atoms with Crippen LogP contribution < -0.4 is 10.6 Å². The molecule has 2 amide bonds. The van der Waals surface area contributed by atoms with E-state index >= 15 is 0 Å². The Kier molecular flexibility index (Phi) is 9.89. The van der Waals surface area contributed by atoms with Gasteiger partial charge >= 0.3 is 6.18 Å². The lowest BCUT2D eigenvalue weighted by molar-refractivity contribution is -0.161. The first-order valence-electron chi connectivity index (χ1n) is 12.6. The molecule has 1 fully saturated rings. The number of alkyl halides is 3. The molecule has 2 aromatic rings. The average molecular weight is 530 g/mol. The van der Waals surface area contributed by atoms with Gasteiger partial charge in [0.25, 0.3) is 5.91 Å². The summed E-state index contributed by atoms with van der Waals surface area (Å²) in [7, 11) is 2.02. The van der Waals surface area contributed by atoms with Gasteiger partial charge in [0, 0.05) is 31.7 Å². The fourth-order valence-corrected chi connectivity index (χ4v) is 4.42. The Labute approximate surface area is 221 Å². The van der Waals surface area contributed by atoms with Crippen LogP contribution in [0.4, 0.5) is 13.2 Å². The molecule has 2 N–H and O–H groups in total. The fourth-order valence-electron chi connectivity index (χ4n) is 4.42. The highest BCUT2D eigenvalue weighted by Gasteiger charge is 2.42. The summed E-state index contributed by atoms with van der Waals surface area (Å²) in [5.74, 6) is -0.714. The van der Waals surface area contributed by atoms with E-state index in [1.807, 2.05) is 25.8 Å². The highest BCUT2D eigenvalue weighted by Crippen LogP contribution is 2.34. The Bertz CT molecular complexity index is 1120. The van der Waals surface area contributed by atoms with Gasteiger partial charge in [-0.15, -0.1) is 0 Å². The van der Waals surface area contributed by atoms with Crippen molar-refractivity contribution in [2.75, 3.05) is 39.8 Å². The van der Waals surface area contributed by atoms with Crippen LogP contribution in [0.2, 0.25) is 0 Å². The maximum absolute atomic E-state index is 14.1. The van der Waals surface area contributed by atoms with E-state index in [-0.39, 0.29) is 30.4 Å². The number of benzene rings is 2. The van der Waals surface area contributed by atoms with Crippen LogP contribution in [-0.4, -0.2) is 73.6 Å². The predicted molar refractivity (Wildman–Crippen MR) is 139 cm³/mol. The van der Waals surface area contributed by atoms with Crippen LogP contribution in [0, 0.1) is 17.2 Å². The summed E-state index contributed by atoms with van der Waals surface area (Å²) in [5, 5.41) is 13.5. The number of piperazine rings is 1. The van der Waals surface area contributed by atoms with Gasteiger partial charge < -0.3 is 15.1 Å². The van der Waals surface area contributed by atoms with Crippen LogP contribution >= 0.6 is 0 Å². The Balaban J connectivity index is 1.76. The zero-order chi connectivity index (χ0) is 27.9. The van der Waals surface area contributed by atoms with Crippen molar-refractivity contribution in [3.05, 3.63) is 59.7 Å². The number of carbonyl (C=O) groups is 2. The second-order valence-corrected chi connectivity index (χ2v) is 9.99. The molecule has 0 saturated carbocycles. The molecular weight excluding hydrogens is 495 g/mol. The van der Waals surface area contributed by atoms with Crippen molar-refractivity contribution in [3.63, 3.8) is 0 Å². The predicted octanol–water partition coefficient (Wildman–Crippen LogP) is 3.99. The molecule has 1 unspecified atom stereocenters. The lowest BCUT2D eigenvalue weighted by atomic mass is 9.97. The van der Waals surface area contributed by atoms with Crippen molar-refractivity contribution in [2.24, 2.45) is 5.92 Å². The summed E-state index contributed by atoms with van der Waals surface area (Å²) in [6, 6.07) is 11.6. The average Bonchev–Trinajstić information content (AvgIpc) is 2.89. The van der Waals surface area contributed by atoms with Crippen molar-refractivity contribution in [3.8, 4) is 17.2 Å². The van der Waals surface area contributed by atoms with Gasteiger partial charge in [0.15, 0.2) is 0 Å². The van der Waals surface area contributed by atoms with E-state index in [9.17, 15) is 22.8 Å². The molecule has 10 heteroatoms. The molecule has 0 spiro atoms. The highest BCUT2D eigenvalue weighted by molar-refractivity contribution is 5.94. The SMILES string of the molecule is CC(C)C[C@H](NC(c1ccc(-c2ccc(C(=O)N3CCN(C)CC3)cc2)cc1)C(F)(F)F)C(=O)NCC#N. The molecule has 7 nitrogen and oxygen atoms in total. The number of carbonyl (C=O) groups excluding carboxylic acids is 2. The second kappa shape index (κ2) is 12.9.